The topological polar surface area (TPSA) is 144 Å². The third kappa shape index (κ3) is 5.55. The fraction of sp³-hybridized carbons (Fsp3) is 0.222. The summed E-state index contributed by atoms with van der Waals surface area (Å²) in [6.07, 6.45) is 3.46. The number of nitrogens with one attached hydrogen (secondary N) is 2. The van der Waals surface area contributed by atoms with Gasteiger partial charge < -0.3 is 16.4 Å². The fourth-order valence-electron chi connectivity index (χ4n) is 4.72. The van der Waals surface area contributed by atoms with Crippen molar-refractivity contribution >= 4 is 85.1 Å². The van der Waals surface area contributed by atoms with Gasteiger partial charge in [-0.05, 0) is 30.7 Å². The molecule has 0 saturated carbocycles. The first-order valence-corrected chi connectivity index (χ1v) is 16.8. The minimum atomic E-state index is -0.757. The molecule has 41 heavy (non-hydrogen) atoms. The summed E-state index contributed by atoms with van der Waals surface area (Å²) in [5.41, 5.74) is 5.62. The summed E-state index contributed by atoms with van der Waals surface area (Å²) >= 11 is 1.90. The average Bonchev–Trinajstić information content (AvgIpc) is 3.53. The van der Waals surface area contributed by atoms with Crippen LogP contribution in [0.15, 0.2) is 58.6 Å². The SMILES string of the molecule is C[C@@H]1C[C@@H](C(=O)NCc2cc3cnc(N)cc3s2)n2c1ncc(NC(=O)C1=ICN=C(c3ccccc3F)S1)c2=O. The Morgan fingerprint density at radius 1 is 1.22 bits per heavy atom. The van der Waals surface area contributed by atoms with Crippen molar-refractivity contribution in [3.63, 3.8) is 0 Å². The number of thioether (sulfide) groups is 1. The molecule has 4 aromatic rings. The Morgan fingerprint density at radius 3 is 2.88 bits per heavy atom. The molecule has 2 aliphatic heterocycles. The predicted molar refractivity (Wildman–Crippen MR) is 169 cm³/mol. The molecule has 0 fully saturated rings. The Hall–Kier alpha value is -3.50. The molecule has 0 saturated heterocycles. The molecule has 5 heterocycles. The molecule has 6 rings (SSSR count). The lowest BCUT2D eigenvalue weighted by molar-refractivity contribution is -0.124. The lowest BCUT2D eigenvalue weighted by atomic mass is 10.1. The zero-order chi connectivity index (χ0) is 28.7. The van der Waals surface area contributed by atoms with E-state index in [1.807, 2.05) is 13.0 Å². The van der Waals surface area contributed by atoms with Gasteiger partial charge >= 0.3 is 0 Å². The maximum atomic E-state index is 14.3. The van der Waals surface area contributed by atoms with Gasteiger partial charge in [-0.15, -0.1) is 11.3 Å². The van der Waals surface area contributed by atoms with Crippen molar-refractivity contribution in [2.45, 2.75) is 31.8 Å². The molecule has 210 valence electrons. The maximum absolute atomic E-state index is 14.3. The summed E-state index contributed by atoms with van der Waals surface area (Å²) in [4.78, 5) is 53.8. The van der Waals surface area contributed by atoms with Gasteiger partial charge in [0.2, 0.25) is 5.91 Å². The highest BCUT2D eigenvalue weighted by atomic mass is 127. The number of rotatable bonds is 6. The molecule has 2 atom stereocenters. The van der Waals surface area contributed by atoms with Crippen LogP contribution in [-0.4, -0.2) is 38.8 Å². The lowest BCUT2D eigenvalue weighted by Crippen LogP contribution is -2.37. The van der Waals surface area contributed by atoms with E-state index in [1.54, 1.807) is 30.5 Å². The predicted octanol–water partition coefficient (Wildman–Crippen LogP) is 4.13. The zero-order valence-corrected chi connectivity index (χ0v) is 25.3. The number of aliphatic imine (C=N–C) groups is 1. The third-order valence-electron chi connectivity index (χ3n) is 6.67. The molecule has 2 amide bonds. The Labute approximate surface area is 251 Å². The molecule has 0 radical (unpaired) electrons. The molecule has 4 N–H and O–H groups in total. The van der Waals surface area contributed by atoms with Gasteiger partial charge in [0, 0.05) is 32.6 Å². The highest BCUT2D eigenvalue weighted by Crippen LogP contribution is 2.34. The molecule has 0 bridgehead atoms. The first-order chi connectivity index (χ1) is 19.8. The number of aromatic nitrogens is 3. The van der Waals surface area contributed by atoms with Crippen LogP contribution in [0.1, 0.15) is 41.6 Å². The second kappa shape index (κ2) is 11.4. The second-order valence-corrected chi connectivity index (χ2v) is 14.9. The van der Waals surface area contributed by atoms with E-state index in [2.05, 4.69) is 25.6 Å². The summed E-state index contributed by atoms with van der Waals surface area (Å²) < 4.78 is 17.6. The van der Waals surface area contributed by atoms with Crippen molar-refractivity contribution in [2.24, 2.45) is 4.99 Å². The van der Waals surface area contributed by atoms with Crippen LogP contribution in [0.2, 0.25) is 0 Å². The van der Waals surface area contributed by atoms with Gasteiger partial charge in [-0.1, -0.05) is 51.5 Å². The highest BCUT2D eigenvalue weighted by molar-refractivity contribution is 14.2. The first-order valence-electron chi connectivity index (χ1n) is 12.6. The number of hydrogen-bond donors (Lipinski definition) is 3. The molecule has 14 heteroatoms. The van der Waals surface area contributed by atoms with Crippen LogP contribution in [-0.2, 0) is 16.1 Å². The average molecular weight is 704 g/mol. The normalized spacial score (nSPS) is 18.2. The molecule has 0 unspecified atom stereocenters. The number of alkyl halides is 1. The monoisotopic (exact) mass is 703 g/mol. The van der Waals surface area contributed by atoms with Crippen LogP contribution < -0.4 is 21.9 Å². The van der Waals surface area contributed by atoms with E-state index in [1.165, 1.54) is 28.2 Å². The number of halogens is 2. The molecule has 2 aliphatic rings. The van der Waals surface area contributed by atoms with Crippen molar-refractivity contribution in [3.8, 4) is 0 Å². The third-order valence-corrected chi connectivity index (χ3v) is 11.9. The maximum Gasteiger partial charge on any atom is 0.278 e. The Morgan fingerprint density at radius 2 is 2.05 bits per heavy atom. The van der Waals surface area contributed by atoms with Crippen molar-refractivity contribution in [3.05, 3.63) is 81.2 Å². The number of amides is 2. The Balaban J connectivity index is 1.17. The van der Waals surface area contributed by atoms with Gasteiger partial charge in [0.15, 0.2) is 0 Å². The molecule has 10 nitrogen and oxygen atoms in total. The standard InChI is InChI=1S/C27H23FIN7O3S2/c1-13-6-19(24(37)33-10-15-7-14-9-31-21(30)8-20(14)40-15)36-23(13)32-11-18(27(36)39)35-25(38)22-29-12-34-26(41-22)16-4-2-3-5-17(16)28/h2-5,7-9,11,13,19H,6,10,12H2,1H3,(H2,30,31)(H,33,37)(H,35,38)/t13-,19+/m1/s1. The van der Waals surface area contributed by atoms with E-state index in [-0.39, 0.29) is 17.5 Å². The largest absolute Gasteiger partial charge is 0.384 e. The molecular weight excluding hydrogens is 680 g/mol. The minimum absolute atomic E-state index is 0.00712. The minimum Gasteiger partial charge on any atom is -0.384 e. The number of nitrogen functional groups attached to an aromatic ring is 1. The smallest absolute Gasteiger partial charge is 0.278 e. The van der Waals surface area contributed by atoms with Crippen LogP contribution in [0, 0.1) is 5.82 Å². The van der Waals surface area contributed by atoms with Gasteiger partial charge in [-0.3, -0.25) is 23.9 Å². The molecule has 0 spiro atoms. The molecule has 3 aromatic heterocycles. The first kappa shape index (κ1) is 27.7. The van der Waals surface area contributed by atoms with Gasteiger partial charge in [-0.2, -0.15) is 0 Å². The van der Waals surface area contributed by atoms with Gasteiger partial charge in [0.1, 0.15) is 37.1 Å². The number of nitrogens with two attached hydrogens (primary N) is 1. The van der Waals surface area contributed by atoms with E-state index in [0.717, 1.165) is 26.7 Å². The van der Waals surface area contributed by atoms with Crippen LogP contribution in [0.5, 0.6) is 0 Å². The Bertz CT molecular complexity index is 1840. The number of carbonyl (C=O) groups is 2. The highest BCUT2D eigenvalue weighted by Gasteiger charge is 2.36. The summed E-state index contributed by atoms with van der Waals surface area (Å²) in [5, 5.41) is 7.01. The van der Waals surface area contributed by atoms with E-state index in [4.69, 9.17) is 5.73 Å². The van der Waals surface area contributed by atoms with E-state index < -0.39 is 44.1 Å². The van der Waals surface area contributed by atoms with Crippen molar-refractivity contribution < 1.29 is 14.0 Å². The van der Waals surface area contributed by atoms with Crippen LogP contribution >= 0.6 is 43.8 Å². The van der Waals surface area contributed by atoms with Gasteiger partial charge in [0.25, 0.3) is 11.5 Å². The van der Waals surface area contributed by atoms with E-state index in [0.29, 0.717) is 42.6 Å². The molecular formula is C27H23FIN7O3S2. The number of benzene rings is 1. The van der Waals surface area contributed by atoms with Crippen molar-refractivity contribution in [1.82, 2.24) is 19.9 Å². The number of nitrogens with zero attached hydrogens (tertiary/aromatic N) is 4. The van der Waals surface area contributed by atoms with Crippen LogP contribution in [0.25, 0.3) is 10.1 Å². The number of carbonyl (C=O) groups excluding carboxylic acids is 2. The summed E-state index contributed by atoms with van der Waals surface area (Å²) in [5.74, 6) is -0.327. The number of pyridine rings is 1. The quantitative estimate of drug-likeness (QED) is 0.156. The van der Waals surface area contributed by atoms with E-state index >= 15 is 0 Å². The summed E-state index contributed by atoms with van der Waals surface area (Å²) in [6.45, 7) is 2.21. The number of fused-ring (bicyclic) bond motifs is 2. The fourth-order valence-corrected chi connectivity index (χ4v) is 9.47. The second-order valence-electron chi connectivity index (χ2n) is 9.46. The number of hydrogen-bond acceptors (Lipinski definition) is 9. The van der Waals surface area contributed by atoms with Crippen LogP contribution in [0.3, 0.4) is 0 Å². The number of thiophene rings is 1. The molecule has 1 aromatic carbocycles. The summed E-state index contributed by atoms with van der Waals surface area (Å²) in [7, 11) is 0. The molecule has 0 aliphatic carbocycles. The van der Waals surface area contributed by atoms with E-state index in [9.17, 15) is 18.8 Å². The van der Waals surface area contributed by atoms with Crippen molar-refractivity contribution in [2.75, 3.05) is 15.6 Å². The van der Waals surface area contributed by atoms with Gasteiger partial charge in [-0.25, -0.2) is 14.4 Å². The Kier molecular flexibility index (Phi) is 7.70. The van der Waals surface area contributed by atoms with Crippen LogP contribution in [0.4, 0.5) is 15.9 Å². The summed E-state index contributed by atoms with van der Waals surface area (Å²) in [6, 6.07) is 9.27. The van der Waals surface area contributed by atoms with Gasteiger partial charge in [0.05, 0.1) is 17.3 Å². The zero-order valence-electron chi connectivity index (χ0n) is 21.6. The lowest BCUT2D eigenvalue weighted by Gasteiger charge is -2.16. The number of anilines is 2. The van der Waals surface area contributed by atoms with Crippen molar-refractivity contribution in [1.29, 1.82) is 0 Å².